The van der Waals surface area contributed by atoms with Gasteiger partial charge in [0.1, 0.15) is 6.54 Å². The van der Waals surface area contributed by atoms with E-state index >= 15 is 0 Å². The SMILES string of the molecule is C[C@H]1CN(C2CCN(C(=O)Cn3ccc4ccccc43)CC2)CCO1. The van der Waals surface area contributed by atoms with E-state index in [2.05, 4.69) is 34.6 Å². The molecule has 2 fully saturated rings. The van der Waals surface area contributed by atoms with E-state index in [-0.39, 0.29) is 5.91 Å². The van der Waals surface area contributed by atoms with Gasteiger partial charge in [-0.1, -0.05) is 18.2 Å². The summed E-state index contributed by atoms with van der Waals surface area (Å²) >= 11 is 0. The zero-order valence-electron chi connectivity index (χ0n) is 14.9. The Balaban J connectivity index is 1.33. The minimum absolute atomic E-state index is 0.232. The molecule has 5 nitrogen and oxygen atoms in total. The first kappa shape index (κ1) is 16.6. The lowest BCUT2D eigenvalue weighted by Gasteiger charge is -2.41. The second-order valence-corrected chi connectivity index (χ2v) is 7.29. The number of morpholine rings is 1. The maximum absolute atomic E-state index is 12.7. The third-order valence-electron chi connectivity index (χ3n) is 5.59. The average Bonchev–Trinajstić information content (AvgIpc) is 3.05. The van der Waals surface area contributed by atoms with Crippen molar-refractivity contribution >= 4 is 16.8 Å². The first-order valence-corrected chi connectivity index (χ1v) is 9.38. The van der Waals surface area contributed by atoms with E-state index < -0.39 is 0 Å². The standard InChI is InChI=1S/C20H27N3O2/c1-16-14-22(12-13-25-16)18-7-10-21(11-8-18)20(24)15-23-9-6-17-4-2-3-5-19(17)23/h2-6,9,16,18H,7-8,10-15H2,1H3/t16-/m0/s1. The molecule has 0 aliphatic carbocycles. The molecular formula is C20H27N3O2. The van der Waals surface area contributed by atoms with Crippen molar-refractivity contribution in [2.24, 2.45) is 0 Å². The fourth-order valence-electron chi connectivity index (χ4n) is 4.18. The third kappa shape index (κ3) is 3.58. The molecule has 5 heteroatoms. The minimum Gasteiger partial charge on any atom is -0.376 e. The lowest BCUT2D eigenvalue weighted by molar-refractivity contribution is -0.133. The van der Waals surface area contributed by atoms with Crippen molar-refractivity contribution < 1.29 is 9.53 Å². The second-order valence-electron chi connectivity index (χ2n) is 7.29. The van der Waals surface area contributed by atoms with Crippen LogP contribution in [0.4, 0.5) is 0 Å². The van der Waals surface area contributed by atoms with E-state index in [4.69, 9.17) is 4.74 Å². The Labute approximate surface area is 149 Å². The van der Waals surface area contributed by atoms with E-state index in [0.717, 1.165) is 51.1 Å². The molecule has 0 saturated carbocycles. The van der Waals surface area contributed by atoms with Crippen molar-refractivity contribution in [3.05, 3.63) is 36.5 Å². The van der Waals surface area contributed by atoms with E-state index in [9.17, 15) is 4.79 Å². The van der Waals surface area contributed by atoms with Crippen LogP contribution in [0.2, 0.25) is 0 Å². The maximum Gasteiger partial charge on any atom is 0.242 e. The molecule has 3 heterocycles. The molecule has 4 rings (SSSR count). The molecule has 1 aromatic carbocycles. The van der Waals surface area contributed by atoms with Gasteiger partial charge < -0.3 is 14.2 Å². The van der Waals surface area contributed by atoms with Crippen LogP contribution in [0.1, 0.15) is 19.8 Å². The number of hydrogen-bond acceptors (Lipinski definition) is 3. The molecule has 0 N–H and O–H groups in total. The lowest BCUT2D eigenvalue weighted by atomic mass is 10.0. The third-order valence-corrected chi connectivity index (χ3v) is 5.59. The smallest absolute Gasteiger partial charge is 0.242 e. The summed E-state index contributed by atoms with van der Waals surface area (Å²) in [5.74, 6) is 0.232. The molecule has 134 valence electrons. The number of fused-ring (bicyclic) bond motifs is 1. The number of carbonyl (C=O) groups excluding carboxylic acids is 1. The highest BCUT2D eigenvalue weighted by molar-refractivity contribution is 5.83. The first-order valence-electron chi connectivity index (χ1n) is 9.38. The van der Waals surface area contributed by atoms with Gasteiger partial charge in [-0.3, -0.25) is 9.69 Å². The molecule has 1 amide bonds. The Bertz CT molecular complexity index is 733. The van der Waals surface area contributed by atoms with Gasteiger partial charge in [-0.15, -0.1) is 0 Å². The topological polar surface area (TPSA) is 37.7 Å². The summed E-state index contributed by atoms with van der Waals surface area (Å²) in [6.07, 6.45) is 4.50. The monoisotopic (exact) mass is 341 g/mol. The summed E-state index contributed by atoms with van der Waals surface area (Å²) in [6.45, 7) is 7.20. The summed E-state index contributed by atoms with van der Waals surface area (Å²) in [5.41, 5.74) is 1.13. The molecule has 0 radical (unpaired) electrons. The number of rotatable bonds is 3. The highest BCUT2D eigenvalue weighted by Gasteiger charge is 2.29. The van der Waals surface area contributed by atoms with E-state index in [1.807, 2.05) is 23.2 Å². The normalized spacial score (nSPS) is 23.2. The van der Waals surface area contributed by atoms with E-state index in [0.29, 0.717) is 18.7 Å². The van der Waals surface area contributed by atoms with Gasteiger partial charge in [0.15, 0.2) is 0 Å². The zero-order valence-corrected chi connectivity index (χ0v) is 14.9. The van der Waals surface area contributed by atoms with Crippen LogP contribution in [0, 0.1) is 0 Å². The van der Waals surface area contributed by atoms with E-state index in [1.54, 1.807) is 0 Å². The fraction of sp³-hybridized carbons (Fsp3) is 0.550. The Morgan fingerprint density at radius 3 is 2.76 bits per heavy atom. The lowest BCUT2D eigenvalue weighted by Crippen LogP contribution is -2.52. The van der Waals surface area contributed by atoms with Crippen LogP contribution in [0.15, 0.2) is 36.5 Å². The number of aromatic nitrogens is 1. The van der Waals surface area contributed by atoms with Crippen molar-refractivity contribution in [2.75, 3.05) is 32.8 Å². The highest BCUT2D eigenvalue weighted by Crippen LogP contribution is 2.20. The van der Waals surface area contributed by atoms with Crippen LogP contribution in [0.3, 0.4) is 0 Å². The summed E-state index contributed by atoms with van der Waals surface area (Å²) in [6, 6.07) is 10.9. The van der Waals surface area contributed by atoms with Crippen molar-refractivity contribution in [3.8, 4) is 0 Å². The van der Waals surface area contributed by atoms with Gasteiger partial charge in [0, 0.05) is 43.9 Å². The zero-order chi connectivity index (χ0) is 17.2. The molecule has 2 aliphatic rings. The Kier molecular flexibility index (Phi) is 4.77. The quantitative estimate of drug-likeness (QED) is 0.860. The van der Waals surface area contributed by atoms with Crippen LogP contribution in [-0.4, -0.2) is 65.2 Å². The number of hydrogen-bond donors (Lipinski definition) is 0. The largest absolute Gasteiger partial charge is 0.376 e. The van der Waals surface area contributed by atoms with Crippen molar-refractivity contribution in [1.82, 2.24) is 14.4 Å². The van der Waals surface area contributed by atoms with E-state index in [1.165, 1.54) is 5.39 Å². The summed E-state index contributed by atoms with van der Waals surface area (Å²) in [7, 11) is 0. The second kappa shape index (κ2) is 7.18. The summed E-state index contributed by atoms with van der Waals surface area (Å²) in [4.78, 5) is 17.3. The summed E-state index contributed by atoms with van der Waals surface area (Å²) in [5, 5.41) is 1.19. The number of para-hydroxylation sites is 1. The van der Waals surface area contributed by atoms with Crippen LogP contribution < -0.4 is 0 Å². The Hall–Kier alpha value is -1.85. The van der Waals surface area contributed by atoms with Crippen molar-refractivity contribution in [1.29, 1.82) is 0 Å². The molecule has 0 bridgehead atoms. The van der Waals surface area contributed by atoms with Crippen molar-refractivity contribution in [2.45, 2.75) is 38.5 Å². The van der Waals surface area contributed by atoms with Crippen molar-refractivity contribution in [3.63, 3.8) is 0 Å². The predicted molar refractivity (Wildman–Crippen MR) is 98.5 cm³/mol. The average molecular weight is 341 g/mol. The molecule has 0 unspecified atom stereocenters. The molecule has 1 aromatic heterocycles. The van der Waals surface area contributed by atoms with Gasteiger partial charge in [-0.05, 0) is 37.3 Å². The van der Waals surface area contributed by atoms with Crippen LogP contribution in [-0.2, 0) is 16.1 Å². The molecule has 2 saturated heterocycles. The fourth-order valence-corrected chi connectivity index (χ4v) is 4.18. The number of nitrogens with zero attached hydrogens (tertiary/aromatic N) is 3. The number of ether oxygens (including phenoxy) is 1. The number of likely N-dealkylation sites (tertiary alicyclic amines) is 1. The molecule has 2 aromatic rings. The summed E-state index contributed by atoms with van der Waals surface area (Å²) < 4.78 is 7.71. The molecule has 0 spiro atoms. The molecule has 1 atom stereocenters. The van der Waals surface area contributed by atoms with Gasteiger partial charge in [0.25, 0.3) is 0 Å². The number of benzene rings is 1. The maximum atomic E-state index is 12.7. The van der Waals surface area contributed by atoms with Gasteiger partial charge >= 0.3 is 0 Å². The van der Waals surface area contributed by atoms with Gasteiger partial charge in [0.05, 0.1) is 12.7 Å². The predicted octanol–water partition coefficient (Wildman–Crippen LogP) is 2.35. The first-order chi connectivity index (χ1) is 12.2. The van der Waals surface area contributed by atoms with Crippen LogP contribution in [0.25, 0.3) is 10.9 Å². The van der Waals surface area contributed by atoms with Crippen LogP contribution >= 0.6 is 0 Å². The number of piperidine rings is 1. The van der Waals surface area contributed by atoms with Gasteiger partial charge in [0.2, 0.25) is 5.91 Å². The molecule has 25 heavy (non-hydrogen) atoms. The van der Waals surface area contributed by atoms with Gasteiger partial charge in [-0.25, -0.2) is 0 Å². The number of amides is 1. The number of carbonyl (C=O) groups is 1. The molecule has 2 aliphatic heterocycles. The highest BCUT2D eigenvalue weighted by atomic mass is 16.5. The van der Waals surface area contributed by atoms with Crippen LogP contribution in [0.5, 0.6) is 0 Å². The van der Waals surface area contributed by atoms with Gasteiger partial charge in [-0.2, -0.15) is 0 Å². The minimum atomic E-state index is 0.232. The Morgan fingerprint density at radius 1 is 1.16 bits per heavy atom. The Morgan fingerprint density at radius 2 is 1.96 bits per heavy atom. The molecular weight excluding hydrogens is 314 g/mol.